The molecule has 1 aromatic carbocycles. The predicted octanol–water partition coefficient (Wildman–Crippen LogP) is 2.84. The lowest BCUT2D eigenvalue weighted by Crippen LogP contribution is -2.34. The van der Waals surface area contributed by atoms with E-state index in [9.17, 15) is 4.79 Å². The third-order valence-corrected chi connectivity index (χ3v) is 4.40. The topological polar surface area (TPSA) is 87.2 Å². The Morgan fingerprint density at radius 2 is 1.96 bits per heavy atom. The van der Waals surface area contributed by atoms with Crippen LogP contribution in [0.4, 0.5) is 0 Å². The number of aromatic nitrogens is 4. The lowest BCUT2D eigenvalue weighted by Gasteiger charge is -2.27. The second-order valence-electron chi connectivity index (χ2n) is 6.19. The van der Waals surface area contributed by atoms with Gasteiger partial charge in [0, 0.05) is 17.9 Å². The van der Waals surface area contributed by atoms with E-state index in [2.05, 4.69) is 21.1 Å². The molecule has 0 aliphatic rings. The number of hydrogen-bond donors (Lipinski definition) is 0. The summed E-state index contributed by atoms with van der Waals surface area (Å²) >= 11 is 0. The Morgan fingerprint density at radius 3 is 2.58 bits per heavy atom. The van der Waals surface area contributed by atoms with Crippen molar-refractivity contribution in [3.05, 3.63) is 58.7 Å². The summed E-state index contributed by atoms with van der Waals surface area (Å²) in [7, 11) is 0. The highest BCUT2D eigenvalue weighted by Gasteiger charge is 2.25. The van der Waals surface area contributed by atoms with Crippen LogP contribution in [0.1, 0.15) is 53.0 Å². The molecule has 2 heterocycles. The van der Waals surface area contributed by atoms with Crippen LogP contribution in [-0.4, -0.2) is 36.9 Å². The number of carbonyl (C=O) groups is 1. The highest BCUT2D eigenvalue weighted by Crippen LogP contribution is 2.22. The van der Waals surface area contributed by atoms with Crippen LogP contribution in [-0.2, 0) is 0 Å². The van der Waals surface area contributed by atoms with Gasteiger partial charge < -0.3 is 4.90 Å². The minimum absolute atomic E-state index is 0.133. The van der Waals surface area contributed by atoms with Crippen LogP contribution in [0, 0.1) is 25.2 Å². The van der Waals surface area contributed by atoms with E-state index in [-0.39, 0.29) is 17.8 Å². The summed E-state index contributed by atoms with van der Waals surface area (Å²) in [5, 5.41) is 13.3. The van der Waals surface area contributed by atoms with Crippen LogP contribution < -0.4 is 0 Å². The van der Waals surface area contributed by atoms with Crippen molar-refractivity contribution in [3.8, 4) is 6.07 Å². The molecule has 1 unspecified atom stereocenters. The van der Waals surface area contributed by atoms with E-state index in [1.54, 1.807) is 21.5 Å². The highest BCUT2D eigenvalue weighted by atomic mass is 16.2. The van der Waals surface area contributed by atoms with Gasteiger partial charge in [-0.3, -0.25) is 4.79 Å². The number of aryl methyl sites for hydroxylation is 2. The van der Waals surface area contributed by atoms with Gasteiger partial charge in [0.1, 0.15) is 0 Å². The molecule has 26 heavy (non-hydrogen) atoms. The average Bonchev–Trinajstić information content (AvgIpc) is 3.06. The average molecular weight is 348 g/mol. The molecule has 3 aromatic rings. The Labute approximate surface area is 151 Å². The summed E-state index contributed by atoms with van der Waals surface area (Å²) in [6.07, 6.45) is 0. The molecule has 0 N–H and O–H groups in total. The third kappa shape index (κ3) is 3.14. The molecule has 0 aliphatic carbocycles. The Hall–Kier alpha value is -3.27. The zero-order valence-electron chi connectivity index (χ0n) is 15.3. The number of rotatable bonds is 4. The maximum atomic E-state index is 13.0. The standard InChI is InChI=1S/C19H20N6O/c1-5-24(14(4)16-8-6-15(11-20)7-9-16)18(26)17-22-19-21-12(2)10-13(3)25(19)23-17/h6-10,14H,5H2,1-4H3. The van der Waals surface area contributed by atoms with Crippen molar-refractivity contribution in [3.63, 3.8) is 0 Å². The van der Waals surface area contributed by atoms with Crippen LogP contribution >= 0.6 is 0 Å². The molecule has 0 saturated heterocycles. The first-order chi connectivity index (χ1) is 12.4. The fourth-order valence-corrected chi connectivity index (χ4v) is 2.99. The van der Waals surface area contributed by atoms with E-state index >= 15 is 0 Å². The Morgan fingerprint density at radius 1 is 1.27 bits per heavy atom. The SMILES string of the molecule is CCN(C(=O)c1nc2nc(C)cc(C)n2n1)C(C)c1ccc(C#N)cc1. The quantitative estimate of drug-likeness (QED) is 0.723. The zero-order chi connectivity index (χ0) is 18.8. The van der Waals surface area contributed by atoms with Gasteiger partial charge in [-0.05, 0) is 51.5 Å². The Balaban J connectivity index is 1.93. The van der Waals surface area contributed by atoms with E-state index in [1.165, 1.54) is 0 Å². The second kappa shape index (κ2) is 6.92. The first-order valence-corrected chi connectivity index (χ1v) is 8.46. The third-order valence-electron chi connectivity index (χ3n) is 4.40. The van der Waals surface area contributed by atoms with Crippen LogP contribution in [0.2, 0.25) is 0 Å². The Bertz CT molecular complexity index is 999. The molecule has 2 aromatic heterocycles. The summed E-state index contributed by atoms with van der Waals surface area (Å²) in [5.41, 5.74) is 3.25. The van der Waals surface area contributed by atoms with Crippen molar-refractivity contribution in [1.29, 1.82) is 5.26 Å². The fraction of sp³-hybridized carbons (Fsp3) is 0.316. The molecule has 3 rings (SSSR count). The largest absolute Gasteiger partial charge is 0.329 e. The van der Waals surface area contributed by atoms with Gasteiger partial charge in [0.2, 0.25) is 5.82 Å². The number of nitriles is 1. The molecule has 1 atom stereocenters. The van der Waals surface area contributed by atoms with E-state index < -0.39 is 0 Å². The maximum absolute atomic E-state index is 13.0. The number of nitrogens with zero attached hydrogens (tertiary/aromatic N) is 6. The summed E-state index contributed by atoms with van der Waals surface area (Å²) in [6, 6.07) is 11.1. The van der Waals surface area contributed by atoms with E-state index in [0.29, 0.717) is 17.9 Å². The van der Waals surface area contributed by atoms with Gasteiger partial charge in [-0.15, -0.1) is 5.10 Å². The molecule has 0 spiro atoms. The van der Waals surface area contributed by atoms with Gasteiger partial charge in [0.25, 0.3) is 11.7 Å². The molecule has 7 nitrogen and oxygen atoms in total. The summed E-state index contributed by atoms with van der Waals surface area (Å²) < 4.78 is 1.58. The molecule has 0 fully saturated rings. The smallest absolute Gasteiger partial charge is 0.294 e. The van der Waals surface area contributed by atoms with Crippen molar-refractivity contribution in [1.82, 2.24) is 24.5 Å². The van der Waals surface area contributed by atoms with Crippen LogP contribution in [0.15, 0.2) is 30.3 Å². The monoisotopic (exact) mass is 348 g/mol. The first kappa shape index (κ1) is 17.5. The van der Waals surface area contributed by atoms with Gasteiger partial charge in [-0.2, -0.15) is 10.2 Å². The summed E-state index contributed by atoms with van der Waals surface area (Å²) in [4.78, 5) is 23.3. The molecule has 0 bridgehead atoms. The van der Waals surface area contributed by atoms with Crippen LogP contribution in [0.25, 0.3) is 5.78 Å². The van der Waals surface area contributed by atoms with Gasteiger partial charge in [-0.25, -0.2) is 9.50 Å². The lowest BCUT2D eigenvalue weighted by atomic mass is 10.0. The molecule has 1 amide bonds. The lowest BCUT2D eigenvalue weighted by molar-refractivity contribution is 0.0690. The van der Waals surface area contributed by atoms with Gasteiger partial charge >= 0.3 is 0 Å². The number of amides is 1. The minimum atomic E-state index is -0.244. The second-order valence-corrected chi connectivity index (χ2v) is 6.19. The zero-order valence-corrected chi connectivity index (χ0v) is 15.3. The van der Waals surface area contributed by atoms with E-state index in [4.69, 9.17) is 5.26 Å². The predicted molar refractivity (Wildman–Crippen MR) is 96.5 cm³/mol. The van der Waals surface area contributed by atoms with E-state index in [0.717, 1.165) is 17.0 Å². The molecule has 0 radical (unpaired) electrons. The molecular formula is C19H20N6O. The fourth-order valence-electron chi connectivity index (χ4n) is 2.99. The first-order valence-electron chi connectivity index (χ1n) is 8.46. The summed E-state index contributed by atoms with van der Waals surface area (Å²) in [5.74, 6) is 0.313. The van der Waals surface area contributed by atoms with Gasteiger partial charge in [0.15, 0.2) is 0 Å². The molecule has 7 heteroatoms. The van der Waals surface area contributed by atoms with E-state index in [1.807, 2.05) is 45.9 Å². The number of carbonyl (C=O) groups excluding carboxylic acids is 1. The van der Waals surface area contributed by atoms with Crippen molar-refractivity contribution < 1.29 is 4.79 Å². The Kier molecular flexibility index (Phi) is 4.67. The molecule has 0 saturated carbocycles. The summed E-state index contributed by atoms with van der Waals surface area (Å²) in [6.45, 7) is 8.17. The molecule has 0 aliphatic heterocycles. The normalized spacial score (nSPS) is 12.0. The van der Waals surface area contributed by atoms with Crippen molar-refractivity contribution >= 4 is 11.7 Å². The number of hydrogen-bond acceptors (Lipinski definition) is 5. The van der Waals surface area contributed by atoms with Crippen molar-refractivity contribution in [2.24, 2.45) is 0 Å². The number of benzene rings is 1. The van der Waals surface area contributed by atoms with Crippen LogP contribution in [0.5, 0.6) is 0 Å². The van der Waals surface area contributed by atoms with Crippen molar-refractivity contribution in [2.45, 2.75) is 33.7 Å². The minimum Gasteiger partial charge on any atom is -0.329 e. The van der Waals surface area contributed by atoms with Crippen molar-refractivity contribution in [2.75, 3.05) is 6.54 Å². The maximum Gasteiger partial charge on any atom is 0.294 e. The number of fused-ring (bicyclic) bond motifs is 1. The van der Waals surface area contributed by atoms with Gasteiger partial charge in [0.05, 0.1) is 17.7 Å². The molecule has 132 valence electrons. The van der Waals surface area contributed by atoms with Crippen LogP contribution in [0.3, 0.4) is 0 Å². The highest BCUT2D eigenvalue weighted by molar-refractivity contribution is 5.91. The molecular weight excluding hydrogens is 328 g/mol. The van der Waals surface area contributed by atoms with Gasteiger partial charge in [-0.1, -0.05) is 12.1 Å².